The summed E-state index contributed by atoms with van der Waals surface area (Å²) in [6, 6.07) is 7.20. The zero-order valence-corrected chi connectivity index (χ0v) is 12.5. The zero-order valence-electron chi connectivity index (χ0n) is 11.0. The van der Waals surface area contributed by atoms with Gasteiger partial charge >= 0.3 is 0 Å². The van der Waals surface area contributed by atoms with Crippen molar-refractivity contribution in [3.05, 3.63) is 39.8 Å². The number of halogens is 1. The monoisotopic (exact) mass is 311 g/mol. The fourth-order valence-corrected chi connectivity index (χ4v) is 2.84. The number of ether oxygens (including phenoxy) is 1. The predicted octanol–water partition coefficient (Wildman–Crippen LogP) is 3.41. The molecule has 0 radical (unpaired) electrons. The number of hydrogen-bond donors (Lipinski definition) is 0. The molecule has 0 atom stereocenters. The summed E-state index contributed by atoms with van der Waals surface area (Å²) >= 11 is 6.99. The van der Waals surface area contributed by atoms with E-state index in [1.165, 1.54) is 4.90 Å². The smallest absolute Gasteiger partial charge is 0.293 e. The number of hydrogen-bond acceptors (Lipinski definition) is 4. The summed E-state index contributed by atoms with van der Waals surface area (Å²) in [4.78, 5) is 25.6. The normalized spacial score (nSPS) is 17.3. The Bertz CT molecular complexity index is 559. The Labute approximate surface area is 126 Å². The highest BCUT2D eigenvalue weighted by molar-refractivity contribution is 8.18. The first kappa shape index (κ1) is 15.1. The van der Waals surface area contributed by atoms with Gasteiger partial charge in [0.15, 0.2) is 0 Å². The Hall–Kier alpha value is -1.30. The van der Waals surface area contributed by atoms with Gasteiger partial charge < -0.3 is 4.74 Å². The number of nitrogens with zero attached hydrogens (tertiary/aromatic N) is 1. The van der Waals surface area contributed by atoms with Crippen LogP contribution in [0.25, 0.3) is 6.08 Å². The lowest BCUT2D eigenvalue weighted by Gasteiger charge is -2.11. The predicted molar refractivity (Wildman–Crippen MR) is 80.6 cm³/mol. The van der Waals surface area contributed by atoms with Crippen molar-refractivity contribution >= 4 is 40.6 Å². The third-order valence-electron chi connectivity index (χ3n) is 2.80. The van der Waals surface area contributed by atoms with Crippen molar-refractivity contribution in [3.63, 3.8) is 0 Å². The molecule has 0 bridgehead atoms. The van der Waals surface area contributed by atoms with Gasteiger partial charge in [0, 0.05) is 25.3 Å². The molecule has 20 heavy (non-hydrogen) atoms. The molecule has 1 saturated heterocycles. The van der Waals surface area contributed by atoms with Crippen LogP contribution in [0.15, 0.2) is 29.2 Å². The van der Waals surface area contributed by atoms with Gasteiger partial charge in [0.25, 0.3) is 11.1 Å². The van der Waals surface area contributed by atoms with E-state index in [9.17, 15) is 9.59 Å². The average molecular weight is 312 g/mol. The molecule has 1 aromatic rings. The van der Waals surface area contributed by atoms with Gasteiger partial charge in [0.2, 0.25) is 0 Å². The van der Waals surface area contributed by atoms with Crippen molar-refractivity contribution in [2.45, 2.75) is 6.42 Å². The summed E-state index contributed by atoms with van der Waals surface area (Å²) in [7, 11) is 1.59. The summed E-state index contributed by atoms with van der Waals surface area (Å²) < 4.78 is 4.92. The molecule has 0 spiro atoms. The summed E-state index contributed by atoms with van der Waals surface area (Å²) in [5.74, 6) is -0.268. The van der Waals surface area contributed by atoms with Gasteiger partial charge in [0.05, 0.1) is 4.91 Å². The van der Waals surface area contributed by atoms with Crippen LogP contribution in [0, 0.1) is 0 Å². The molecule has 0 aromatic heterocycles. The van der Waals surface area contributed by atoms with Crippen molar-refractivity contribution in [1.82, 2.24) is 4.90 Å². The second-order valence-electron chi connectivity index (χ2n) is 4.20. The molecule has 106 valence electrons. The highest BCUT2D eigenvalue weighted by atomic mass is 35.5. The Kier molecular flexibility index (Phi) is 5.23. The standard InChI is InChI=1S/C14H14ClNO3S/c1-19-8-4-7-16-13(17)12(20-14(16)18)9-10-5-2-3-6-11(10)15/h2-3,5-6,9H,4,7-8H2,1H3/b12-9-. The number of carbonyl (C=O) groups excluding carboxylic acids is 2. The molecule has 2 amide bonds. The van der Waals surface area contributed by atoms with Crippen molar-refractivity contribution in [1.29, 1.82) is 0 Å². The van der Waals surface area contributed by atoms with Crippen LogP contribution in [-0.2, 0) is 9.53 Å². The Morgan fingerprint density at radius 1 is 1.35 bits per heavy atom. The Morgan fingerprint density at radius 2 is 2.10 bits per heavy atom. The molecular formula is C14H14ClNO3S. The van der Waals surface area contributed by atoms with E-state index in [1.54, 1.807) is 25.3 Å². The van der Waals surface area contributed by atoms with E-state index < -0.39 is 0 Å². The largest absolute Gasteiger partial charge is 0.385 e. The molecule has 1 aliphatic heterocycles. The van der Waals surface area contributed by atoms with Crippen LogP contribution in [-0.4, -0.2) is 36.3 Å². The van der Waals surface area contributed by atoms with Crippen LogP contribution < -0.4 is 0 Å². The molecule has 1 aliphatic rings. The van der Waals surface area contributed by atoms with Gasteiger partial charge in [-0.1, -0.05) is 29.8 Å². The maximum Gasteiger partial charge on any atom is 0.293 e. The Morgan fingerprint density at radius 3 is 2.80 bits per heavy atom. The van der Waals surface area contributed by atoms with E-state index in [4.69, 9.17) is 16.3 Å². The lowest BCUT2D eigenvalue weighted by Crippen LogP contribution is -2.29. The summed E-state index contributed by atoms with van der Waals surface area (Å²) in [5.41, 5.74) is 0.733. The van der Waals surface area contributed by atoms with Gasteiger partial charge in [0.1, 0.15) is 0 Å². The molecule has 0 aliphatic carbocycles. The van der Waals surface area contributed by atoms with E-state index >= 15 is 0 Å². The van der Waals surface area contributed by atoms with Gasteiger partial charge in [-0.3, -0.25) is 14.5 Å². The van der Waals surface area contributed by atoms with E-state index in [2.05, 4.69) is 0 Å². The molecule has 4 nitrogen and oxygen atoms in total. The summed E-state index contributed by atoms with van der Waals surface area (Å²) in [6.07, 6.45) is 2.29. The van der Waals surface area contributed by atoms with Gasteiger partial charge in [-0.15, -0.1) is 0 Å². The van der Waals surface area contributed by atoms with Crippen LogP contribution in [0.4, 0.5) is 4.79 Å². The number of amides is 2. The first-order valence-electron chi connectivity index (χ1n) is 6.12. The third kappa shape index (κ3) is 3.42. The number of imide groups is 1. The van der Waals surface area contributed by atoms with Crippen molar-refractivity contribution in [2.24, 2.45) is 0 Å². The maximum atomic E-state index is 12.2. The minimum atomic E-state index is -0.268. The topological polar surface area (TPSA) is 46.6 Å². The average Bonchev–Trinajstić information content (AvgIpc) is 2.69. The second kappa shape index (κ2) is 6.92. The minimum absolute atomic E-state index is 0.246. The number of methoxy groups -OCH3 is 1. The van der Waals surface area contributed by atoms with Crippen LogP contribution in [0.2, 0.25) is 5.02 Å². The molecule has 1 aromatic carbocycles. The molecule has 0 N–H and O–H groups in total. The maximum absolute atomic E-state index is 12.2. The minimum Gasteiger partial charge on any atom is -0.385 e. The van der Waals surface area contributed by atoms with E-state index in [0.717, 1.165) is 17.3 Å². The van der Waals surface area contributed by atoms with E-state index in [-0.39, 0.29) is 11.1 Å². The number of thioether (sulfide) groups is 1. The Balaban J connectivity index is 2.13. The molecule has 0 saturated carbocycles. The highest BCUT2D eigenvalue weighted by Crippen LogP contribution is 2.33. The molecular weight excluding hydrogens is 298 g/mol. The summed E-state index contributed by atoms with van der Waals surface area (Å²) in [5, 5.41) is 0.308. The zero-order chi connectivity index (χ0) is 14.5. The van der Waals surface area contributed by atoms with Crippen LogP contribution in [0.3, 0.4) is 0 Å². The molecule has 1 heterocycles. The van der Waals surface area contributed by atoms with Gasteiger partial charge in [-0.25, -0.2) is 0 Å². The molecule has 2 rings (SSSR count). The first-order valence-corrected chi connectivity index (χ1v) is 7.32. The SMILES string of the molecule is COCCCN1C(=O)S/C(=C\c2ccccc2Cl)C1=O. The second-order valence-corrected chi connectivity index (χ2v) is 5.60. The first-order chi connectivity index (χ1) is 9.63. The highest BCUT2D eigenvalue weighted by Gasteiger charge is 2.34. The third-order valence-corrected chi connectivity index (χ3v) is 4.05. The van der Waals surface area contributed by atoms with Crippen LogP contribution in [0.5, 0.6) is 0 Å². The van der Waals surface area contributed by atoms with Crippen molar-refractivity contribution < 1.29 is 14.3 Å². The van der Waals surface area contributed by atoms with E-state index in [1.807, 2.05) is 12.1 Å². The lowest BCUT2D eigenvalue weighted by atomic mass is 10.2. The summed E-state index contributed by atoms with van der Waals surface area (Å²) in [6.45, 7) is 0.893. The van der Waals surface area contributed by atoms with Gasteiger partial charge in [-0.2, -0.15) is 0 Å². The molecule has 6 heteroatoms. The van der Waals surface area contributed by atoms with Crippen LogP contribution >= 0.6 is 23.4 Å². The number of rotatable bonds is 5. The number of carbonyl (C=O) groups is 2. The quantitative estimate of drug-likeness (QED) is 0.617. The van der Waals surface area contributed by atoms with E-state index in [0.29, 0.717) is 29.5 Å². The fourth-order valence-electron chi connectivity index (χ4n) is 1.79. The van der Waals surface area contributed by atoms with Crippen molar-refractivity contribution in [2.75, 3.05) is 20.3 Å². The lowest BCUT2D eigenvalue weighted by molar-refractivity contribution is -0.122. The van der Waals surface area contributed by atoms with Crippen molar-refractivity contribution in [3.8, 4) is 0 Å². The number of benzene rings is 1. The molecule has 0 unspecified atom stereocenters. The molecule has 1 fully saturated rings. The van der Waals surface area contributed by atoms with Crippen LogP contribution in [0.1, 0.15) is 12.0 Å². The van der Waals surface area contributed by atoms with Gasteiger partial charge in [-0.05, 0) is 35.9 Å². The fraction of sp³-hybridized carbons (Fsp3) is 0.286.